The van der Waals surface area contributed by atoms with Crippen LogP contribution >= 0.6 is 0 Å². The minimum atomic E-state index is -0.0823. The molecule has 0 saturated heterocycles. The van der Waals surface area contributed by atoms with Gasteiger partial charge in [-0.05, 0) is 34.8 Å². The van der Waals surface area contributed by atoms with Gasteiger partial charge in [-0.1, -0.05) is 47.6 Å². The van der Waals surface area contributed by atoms with Crippen molar-refractivity contribution in [3.8, 4) is 0 Å². The quantitative estimate of drug-likeness (QED) is 0.526. The lowest BCUT2D eigenvalue weighted by Crippen LogP contribution is -2.19. The van der Waals surface area contributed by atoms with Gasteiger partial charge in [0, 0.05) is 0 Å². The van der Waals surface area contributed by atoms with Gasteiger partial charge in [0.2, 0.25) is 0 Å². The molecule has 0 atom stereocenters. The van der Waals surface area contributed by atoms with Crippen molar-refractivity contribution in [1.29, 1.82) is 0 Å². The van der Waals surface area contributed by atoms with E-state index in [1.54, 1.807) is 0 Å². The molecule has 0 saturated carbocycles. The van der Waals surface area contributed by atoms with Crippen molar-refractivity contribution >= 4 is 0 Å². The summed E-state index contributed by atoms with van der Waals surface area (Å²) in [7, 11) is 0. The van der Waals surface area contributed by atoms with Gasteiger partial charge in [-0.25, -0.2) is 4.39 Å². The van der Waals surface area contributed by atoms with Gasteiger partial charge in [0.25, 0.3) is 0 Å². The number of halogens is 1. The Labute approximate surface area is 93.3 Å². The zero-order chi connectivity index (χ0) is 11.9. The van der Waals surface area contributed by atoms with Crippen LogP contribution in [0.25, 0.3) is 0 Å². The maximum Gasteiger partial charge on any atom is 0.126 e. The highest BCUT2D eigenvalue weighted by Gasteiger charge is 2.30. The van der Waals surface area contributed by atoms with Crippen LogP contribution in [-0.4, -0.2) is 0 Å². The van der Waals surface area contributed by atoms with Crippen LogP contribution in [0.4, 0.5) is 4.39 Å². The summed E-state index contributed by atoms with van der Waals surface area (Å²) in [4.78, 5) is 0. The molecule has 86 valence electrons. The van der Waals surface area contributed by atoms with E-state index in [1.165, 1.54) is 0 Å². The second-order valence-corrected chi connectivity index (χ2v) is 6.45. The lowest BCUT2D eigenvalue weighted by molar-refractivity contribution is 0.414. The Balaban J connectivity index is 3.16. The zero-order valence-electron chi connectivity index (χ0n) is 10.9. The summed E-state index contributed by atoms with van der Waals surface area (Å²) in [6, 6.07) is 0. The van der Waals surface area contributed by atoms with Crippen LogP contribution in [0, 0.1) is 10.8 Å². The summed E-state index contributed by atoms with van der Waals surface area (Å²) in [6.07, 6.45) is 3.91. The second kappa shape index (κ2) is 3.77. The van der Waals surface area contributed by atoms with Gasteiger partial charge in [0.05, 0.1) is 0 Å². The molecule has 0 aromatic heterocycles. The first-order valence-corrected chi connectivity index (χ1v) is 5.74. The maximum absolute atomic E-state index is 14.3. The molecule has 0 aliphatic heterocycles. The van der Waals surface area contributed by atoms with Crippen molar-refractivity contribution < 1.29 is 4.39 Å². The lowest BCUT2D eigenvalue weighted by atomic mass is 9.74. The summed E-state index contributed by atoms with van der Waals surface area (Å²) in [6.45, 7) is 12.5. The molecule has 0 aromatic rings. The summed E-state index contributed by atoms with van der Waals surface area (Å²) in [5.41, 5.74) is 1.74. The summed E-state index contributed by atoms with van der Waals surface area (Å²) >= 11 is 0. The SMILES string of the molecule is CC(C)(C)C1=CCCC(C(C)(C)C)=C1F. The first-order chi connectivity index (χ1) is 6.64. The predicted molar refractivity (Wildman–Crippen MR) is 64.4 cm³/mol. The van der Waals surface area contributed by atoms with E-state index in [2.05, 4.69) is 47.6 Å². The van der Waals surface area contributed by atoms with Crippen molar-refractivity contribution in [2.75, 3.05) is 0 Å². The van der Waals surface area contributed by atoms with E-state index >= 15 is 0 Å². The van der Waals surface area contributed by atoms with Gasteiger partial charge in [-0.2, -0.15) is 0 Å². The van der Waals surface area contributed by atoms with E-state index in [9.17, 15) is 4.39 Å². The van der Waals surface area contributed by atoms with Gasteiger partial charge < -0.3 is 0 Å². The molecule has 0 bridgehead atoms. The van der Waals surface area contributed by atoms with Crippen molar-refractivity contribution in [3.63, 3.8) is 0 Å². The molecule has 1 aliphatic carbocycles. The molecule has 0 amide bonds. The molecule has 1 rings (SSSR count). The Morgan fingerprint density at radius 3 is 1.93 bits per heavy atom. The fourth-order valence-corrected chi connectivity index (χ4v) is 2.06. The van der Waals surface area contributed by atoms with Gasteiger partial charge >= 0.3 is 0 Å². The van der Waals surface area contributed by atoms with E-state index in [0.29, 0.717) is 0 Å². The Morgan fingerprint density at radius 2 is 1.53 bits per heavy atom. The van der Waals surface area contributed by atoms with Crippen LogP contribution in [0.15, 0.2) is 23.0 Å². The standard InChI is InChI=1S/C14H23F/c1-13(2,3)10-8-7-9-11(12(10)15)14(4,5)6/h8H,7,9H2,1-6H3. The van der Waals surface area contributed by atoms with E-state index < -0.39 is 0 Å². The monoisotopic (exact) mass is 210 g/mol. The van der Waals surface area contributed by atoms with E-state index in [1.807, 2.05) is 0 Å². The first-order valence-electron chi connectivity index (χ1n) is 5.74. The van der Waals surface area contributed by atoms with Crippen LogP contribution in [0.1, 0.15) is 54.4 Å². The Morgan fingerprint density at radius 1 is 1.00 bits per heavy atom. The second-order valence-electron chi connectivity index (χ2n) is 6.45. The topological polar surface area (TPSA) is 0 Å². The smallest absolute Gasteiger partial charge is 0.126 e. The molecule has 0 spiro atoms. The average Bonchev–Trinajstić information content (AvgIpc) is 1.99. The molecule has 0 N–H and O–H groups in total. The van der Waals surface area contributed by atoms with Crippen LogP contribution in [0.5, 0.6) is 0 Å². The van der Waals surface area contributed by atoms with Crippen molar-refractivity contribution in [2.24, 2.45) is 10.8 Å². The lowest BCUT2D eigenvalue weighted by Gasteiger charge is -2.31. The maximum atomic E-state index is 14.3. The molecule has 0 radical (unpaired) electrons. The highest BCUT2D eigenvalue weighted by Crippen LogP contribution is 2.43. The van der Waals surface area contributed by atoms with Crippen LogP contribution in [0.3, 0.4) is 0 Å². The summed E-state index contributed by atoms with van der Waals surface area (Å²) < 4.78 is 14.3. The van der Waals surface area contributed by atoms with Crippen molar-refractivity contribution in [2.45, 2.75) is 54.4 Å². The molecule has 0 nitrogen and oxygen atoms in total. The highest BCUT2D eigenvalue weighted by molar-refractivity contribution is 5.39. The molecule has 0 heterocycles. The van der Waals surface area contributed by atoms with E-state index in [4.69, 9.17) is 0 Å². The third-order valence-electron chi connectivity index (χ3n) is 2.96. The van der Waals surface area contributed by atoms with Crippen molar-refractivity contribution in [3.05, 3.63) is 23.0 Å². The van der Waals surface area contributed by atoms with Gasteiger partial charge in [-0.15, -0.1) is 0 Å². The minimum Gasteiger partial charge on any atom is -0.207 e. The number of hydrogen-bond acceptors (Lipinski definition) is 0. The van der Waals surface area contributed by atoms with Crippen LogP contribution in [0.2, 0.25) is 0 Å². The van der Waals surface area contributed by atoms with Gasteiger partial charge in [0.1, 0.15) is 5.83 Å². The zero-order valence-corrected chi connectivity index (χ0v) is 10.9. The van der Waals surface area contributed by atoms with Gasteiger partial charge in [-0.3, -0.25) is 0 Å². The third kappa shape index (κ3) is 2.70. The fourth-order valence-electron chi connectivity index (χ4n) is 2.06. The fraction of sp³-hybridized carbons (Fsp3) is 0.714. The van der Waals surface area contributed by atoms with E-state index in [0.717, 1.165) is 24.0 Å². The van der Waals surface area contributed by atoms with Crippen LogP contribution in [-0.2, 0) is 0 Å². The molecule has 1 heteroatoms. The number of rotatable bonds is 0. The largest absolute Gasteiger partial charge is 0.207 e. The van der Waals surface area contributed by atoms with Crippen molar-refractivity contribution in [1.82, 2.24) is 0 Å². The highest BCUT2D eigenvalue weighted by atomic mass is 19.1. The molecule has 0 fully saturated rings. The Bertz CT molecular complexity index is 305. The Hall–Kier alpha value is -0.590. The summed E-state index contributed by atoms with van der Waals surface area (Å²) in [5, 5.41) is 0. The summed E-state index contributed by atoms with van der Waals surface area (Å²) in [5.74, 6) is 0.0428. The first kappa shape index (κ1) is 12.5. The van der Waals surface area contributed by atoms with Crippen LogP contribution < -0.4 is 0 Å². The number of allylic oxidation sites excluding steroid dienone is 4. The molecule has 0 aromatic carbocycles. The number of hydrogen-bond donors (Lipinski definition) is 0. The average molecular weight is 210 g/mol. The predicted octanol–water partition coefficient (Wildman–Crippen LogP) is 5.02. The molecular weight excluding hydrogens is 187 g/mol. The Kier molecular flexibility index (Phi) is 3.14. The molecular formula is C14H23F. The molecule has 1 aliphatic rings. The minimum absolute atomic E-state index is 0.0428. The molecule has 15 heavy (non-hydrogen) atoms. The molecule has 0 unspecified atom stereocenters. The normalized spacial score (nSPS) is 19.3. The van der Waals surface area contributed by atoms with E-state index in [-0.39, 0.29) is 16.7 Å². The third-order valence-corrected chi connectivity index (χ3v) is 2.96. The van der Waals surface area contributed by atoms with Gasteiger partial charge in [0.15, 0.2) is 0 Å².